The summed E-state index contributed by atoms with van der Waals surface area (Å²) in [6.07, 6.45) is 6.18. The minimum atomic E-state index is 0.0107. The van der Waals surface area contributed by atoms with Gasteiger partial charge in [0.15, 0.2) is 0 Å². The van der Waals surface area contributed by atoms with Crippen molar-refractivity contribution < 1.29 is 9.53 Å². The first kappa shape index (κ1) is 16.2. The number of nitrogens with one attached hydrogen (secondary N) is 1. The first-order valence-corrected chi connectivity index (χ1v) is 9.26. The SMILES string of the molecule is Cn1nc2c(c1C(=O)NCC1CCOc3ccccc3C1)CCCC2. The Balaban J connectivity index is 1.43. The lowest BCUT2D eigenvalue weighted by atomic mass is 9.95. The molecule has 5 heteroatoms. The van der Waals surface area contributed by atoms with Gasteiger partial charge in [0.25, 0.3) is 5.91 Å². The van der Waals surface area contributed by atoms with Gasteiger partial charge in [-0.1, -0.05) is 18.2 Å². The quantitative estimate of drug-likeness (QED) is 0.935. The molecule has 0 radical (unpaired) electrons. The summed E-state index contributed by atoms with van der Waals surface area (Å²) in [5, 5.41) is 7.70. The van der Waals surface area contributed by atoms with E-state index in [0.29, 0.717) is 19.1 Å². The van der Waals surface area contributed by atoms with Crippen LogP contribution in [0.5, 0.6) is 5.75 Å². The molecule has 4 rings (SSSR count). The Morgan fingerprint density at radius 2 is 2.16 bits per heavy atom. The highest BCUT2D eigenvalue weighted by atomic mass is 16.5. The molecule has 2 heterocycles. The third-order valence-corrected chi connectivity index (χ3v) is 5.35. The molecule has 25 heavy (non-hydrogen) atoms. The summed E-state index contributed by atoms with van der Waals surface area (Å²) >= 11 is 0. The Labute approximate surface area is 148 Å². The normalized spacial score (nSPS) is 19.3. The van der Waals surface area contributed by atoms with Crippen LogP contribution in [0.2, 0.25) is 0 Å². The fraction of sp³-hybridized carbons (Fsp3) is 0.500. The van der Waals surface area contributed by atoms with Crippen LogP contribution in [-0.2, 0) is 26.3 Å². The van der Waals surface area contributed by atoms with Crippen LogP contribution in [0.15, 0.2) is 24.3 Å². The Bertz CT molecular complexity index is 781. The lowest BCUT2D eigenvalue weighted by Crippen LogP contribution is -2.32. The van der Waals surface area contributed by atoms with E-state index in [2.05, 4.69) is 16.5 Å². The molecule has 1 aromatic carbocycles. The summed E-state index contributed by atoms with van der Waals surface area (Å²) in [7, 11) is 1.88. The van der Waals surface area contributed by atoms with E-state index >= 15 is 0 Å². The number of aryl methyl sites for hydroxylation is 2. The van der Waals surface area contributed by atoms with Gasteiger partial charge in [-0.15, -0.1) is 0 Å². The number of hydrogen-bond acceptors (Lipinski definition) is 3. The average molecular weight is 339 g/mol. The van der Waals surface area contributed by atoms with E-state index in [1.165, 1.54) is 12.0 Å². The number of para-hydroxylation sites is 1. The van der Waals surface area contributed by atoms with Gasteiger partial charge < -0.3 is 10.1 Å². The second-order valence-electron chi connectivity index (χ2n) is 7.13. The lowest BCUT2D eigenvalue weighted by molar-refractivity contribution is 0.0935. The van der Waals surface area contributed by atoms with Crippen LogP contribution in [-0.4, -0.2) is 28.8 Å². The summed E-state index contributed by atoms with van der Waals surface area (Å²) in [5.74, 6) is 1.39. The number of fused-ring (bicyclic) bond motifs is 2. The fourth-order valence-electron chi connectivity index (χ4n) is 4.02. The van der Waals surface area contributed by atoms with Gasteiger partial charge in [-0.2, -0.15) is 5.10 Å². The molecule has 1 amide bonds. The number of ether oxygens (including phenoxy) is 1. The Kier molecular flexibility index (Phi) is 4.47. The molecule has 1 atom stereocenters. The number of amides is 1. The molecule has 0 fully saturated rings. The van der Waals surface area contributed by atoms with Crippen molar-refractivity contribution in [1.82, 2.24) is 15.1 Å². The Morgan fingerprint density at radius 1 is 1.32 bits per heavy atom. The van der Waals surface area contributed by atoms with E-state index in [9.17, 15) is 4.79 Å². The molecule has 0 bridgehead atoms. The Hall–Kier alpha value is -2.30. The molecular weight excluding hydrogens is 314 g/mol. The zero-order chi connectivity index (χ0) is 17.2. The molecule has 0 saturated carbocycles. The first-order valence-electron chi connectivity index (χ1n) is 9.26. The van der Waals surface area contributed by atoms with Gasteiger partial charge in [0, 0.05) is 19.2 Å². The van der Waals surface area contributed by atoms with E-state index in [4.69, 9.17) is 4.74 Å². The van der Waals surface area contributed by atoms with Crippen molar-refractivity contribution in [3.63, 3.8) is 0 Å². The lowest BCUT2D eigenvalue weighted by Gasteiger charge is -2.16. The predicted molar refractivity (Wildman–Crippen MR) is 95.9 cm³/mol. The van der Waals surface area contributed by atoms with Crippen LogP contribution >= 0.6 is 0 Å². The van der Waals surface area contributed by atoms with E-state index in [-0.39, 0.29) is 5.91 Å². The minimum absolute atomic E-state index is 0.0107. The van der Waals surface area contributed by atoms with Gasteiger partial charge in [-0.3, -0.25) is 9.48 Å². The topological polar surface area (TPSA) is 56.2 Å². The van der Waals surface area contributed by atoms with Crippen molar-refractivity contribution in [3.8, 4) is 5.75 Å². The van der Waals surface area contributed by atoms with Crippen molar-refractivity contribution >= 4 is 5.91 Å². The van der Waals surface area contributed by atoms with Gasteiger partial charge in [-0.05, 0) is 56.1 Å². The van der Waals surface area contributed by atoms with Gasteiger partial charge in [-0.25, -0.2) is 0 Å². The second-order valence-corrected chi connectivity index (χ2v) is 7.13. The standard InChI is InChI=1S/C20H25N3O2/c1-23-19(16-7-3-4-8-17(16)22-23)20(24)21-13-14-10-11-25-18-9-5-2-6-15(18)12-14/h2,5-6,9,14H,3-4,7-8,10-13H2,1H3,(H,21,24). The summed E-state index contributed by atoms with van der Waals surface area (Å²) in [6.45, 7) is 1.38. The highest BCUT2D eigenvalue weighted by Gasteiger charge is 2.25. The zero-order valence-electron chi connectivity index (χ0n) is 14.8. The summed E-state index contributed by atoms with van der Waals surface area (Å²) < 4.78 is 7.59. The monoisotopic (exact) mass is 339 g/mol. The van der Waals surface area contributed by atoms with Crippen LogP contribution < -0.4 is 10.1 Å². The van der Waals surface area contributed by atoms with Crippen LogP contribution in [0.25, 0.3) is 0 Å². The van der Waals surface area contributed by atoms with Crippen molar-refractivity contribution in [2.24, 2.45) is 13.0 Å². The molecule has 1 aliphatic heterocycles. The Morgan fingerprint density at radius 3 is 3.08 bits per heavy atom. The third-order valence-electron chi connectivity index (χ3n) is 5.35. The van der Waals surface area contributed by atoms with Crippen LogP contribution in [0, 0.1) is 5.92 Å². The number of carbonyl (C=O) groups is 1. The smallest absolute Gasteiger partial charge is 0.269 e. The van der Waals surface area contributed by atoms with E-state index in [1.54, 1.807) is 4.68 Å². The molecule has 132 valence electrons. The number of aromatic nitrogens is 2. The number of nitrogens with zero attached hydrogens (tertiary/aromatic N) is 2. The van der Waals surface area contributed by atoms with Gasteiger partial charge in [0.1, 0.15) is 11.4 Å². The van der Waals surface area contributed by atoms with E-state index < -0.39 is 0 Å². The molecule has 1 N–H and O–H groups in total. The highest BCUT2D eigenvalue weighted by molar-refractivity contribution is 5.94. The average Bonchev–Trinajstić information content (AvgIpc) is 2.82. The van der Waals surface area contributed by atoms with Crippen molar-refractivity contribution in [2.45, 2.75) is 38.5 Å². The molecule has 2 aliphatic rings. The van der Waals surface area contributed by atoms with Crippen molar-refractivity contribution in [2.75, 3.05) is 13.2 Å². The number of hydrogen-bond donors (Lipinski definition) is 1. The maximum absolute atomic E-state index is 12.8. The third kappa shape index (κ3) is 3.28. The summed E-state index contributed by atoms with van der Waals surface area (Å²) in [5.41, 5.74) is 4.24. The first-order chi connectivity index (χ1) is 12.2. The highest BCUT2D eigenvalue weighted by Crippen LogP contribution is 2.27. The van der Waals surface area contributed by atoms with Gasteiger partial charge in [0.05, 0.1) is 12.3 Å². The second kappa shape index (κ2) is 6.90. The molecule has 1 aliphatic carbocycles. The van der Waals surface area contributed by atoms with Crippen LogP contribution in [0.1, 0.15) is 46.6 Å². The molecule has 1 aromatic heterocycles. The summed E-state index contributed by atoms with van der Waals surface area (Å²) in [6, 6.07) is 8.20. The van der Waals surface area contributed by atoms with Crippen LogP contribution in [0.3, 0.4) is 0 Å². The number of rotatable bonds is 3. The van der Waals surface area contributed by atoms with E-state index in [1.807, 2.05) is 25.2 Å². The van der Waals surface area contributed by atoms with Gasteiger partial charge in [0.2, 0.25) is 0 Å². The molecular formula is C20H25N3O2. The van der Waals surface area contributed by atoms with Gasteiger partial charge >= 0.3 is 0 Å². The fourth-order valence-corrected chi connectivity index (χ4v) is 4.02. The zero-order valence-corrected chi connectivity index (χ0v) is 14.8. The maximum atomic E-state index is 12.8. The predicted octanol–water partition coefficient (Wildman–Crippen LogP) is 2.67. The molecule has 0 spiro atoms. The maximum Gasteiger partial charge on any atom is 0.269 e. The van der Waals surface area contributed by atoms with Crippen molar-refractivity contribution in [3.05, 3.63) is 46.8 Å². The minimum Gasteiger partial charge on any atom is -0.493 e. The number of benzene rings is 1. The molecule has 0 saturated heterocycles. The summed E-state index contributed by atoms with van der Waals surface area (Å²) in [4.78, 5) is 12.8. The number of carbonyl (C=O) groups excluding carboxylic acids is 1. The van der Waals surface area contributed by atoms with Crippen LogP contribution in [0.4, 0.5) is 0 Å². The van der Waals surface area contributed by atoms with Crippen molar-refractivity contribution in [1.29, 1.82) is 0 Å². The molecule has 5 nitrogen and oxygen atoms in total. The van der Waals surface area contributed by atoms with E-state index in [0.717, 1.165) is 54.8 Å². The largest absolute Gasteiger partial charge is 0.493 e. The molecule has 1 unspecified atom stereocenters. The molecule has 2 aromatic rings.